The molecule has 0 bridgehead atoms. The molecule has 0 unspecified atom stereocenters. The Morgan fingerprint density at radius 1 is 0.105 bits per heavy atom. The molecular formula is H19K19. The van der Waals surface area contributed by atoms with Gasteiger partial charge in [-0.3, -0.25) is 0 Å². The molecule has 0 heterocycles. The van der Waals surface area contributed by atoms with Crippen molar-refractivity contribution in [3.8, 4) is 0 Å². The maximum Gasteiger partial charge on any atom is 1.00 e. The Kier molecular flexibility index (Phi) is 772. The molecule has 0 atom stereocenters. The van der Waals surface area contributed by atoms with Crippen LogP contribution >= 0.6 is 0 Å². The fourth-order valence-electron chi connectivity index (χ4n) is 0. The molecule has 0 rings (SSSR count). The van der Waals surface area contributed by atoms with Crippen molar-refractivity contribution in [2.45, 2.75) is 0 Å². The van der Waals surface area contributed by atoms with Gasteiger partial charge in [-0.05, 0) is 0 Å². The maximum absolute atomic E-state index is 0. The molecule has 0 aliphatic heterocycles. The van der Waals surface area contributed by atoms with Crippen molar-refractivity contribution < 1.29 is 1000 Å². The summed E-state index contributed by atoms with van der Waals surface area (Å²) in [6, 6.07) is 0. The van der Waals surface area contributed by atoms with Crippen molar-refractivity contribution >= 4 is 0 Å². The fourth-order valence-corrected chi connectivity index (χ4v) is 0. The van der Waals surface area contributed by atoms with Crippen molar-refractivity contribution in [3.63, 3.8) is 0 Å². The zero-order chi connectivity index (χ0) is 0. The van der Waals surface area contributed by atoms with Crippen LogP contribution in [-0.4, -0.2) is 0 Å². The van der Waals surface area contributed by atoms with Gasteiger partial charge in [-0.25, -0.2) is 0 Å². The smallest absolute Gasteiger partial charge is 1.00 e. The topological polar surface area (TPSA) is 0 Å². The first-order valence-corrected chi connectivity index (χ1v) is 0. The van der Waals surface area contributed by atoms with Gasteiger partial charge >= 0.3 is 976 Å². The zero-order valence-corrected chi connectivity index (χ0v) is 78.3. The van der Waals surface area contributed by atoms with E-state index in [0.29, 0.717) is 0 Å². The van der Waals surface area contributed by atoms with E-state index in [2.05, 4.69) is 0 Å². The van der Waals surface area contributed by atoms with Crippen LogP contribution in [0.15, 0.2) is 0 Å². The van der Waals surface area contributed by atoms with Crippen molar-refractivity contribution in [1.82, 2.24) is 0 Å². The first kappa shape index (κ1) is 125. The average Bonchev–Trinajstić information content (AvgIpc) is 0. The van der Waals surface area contributed by atoms with E-state index in [1.165, 1.54) is 0 Å². The quantitative estimate of drug-likeness (QED) is 0.216. The molecule has 0 nitrogen and oxygen atoms in total. The summed E-state index contributed by atoms with van der Waals surface area (Å²) < 4.78 is 0. The third kappa shape index (κ3) is 113. The Balaban J connectivity index is 0. The van der Waals surface area contributed by atoms with Gasteiger partial charge in [0.1, 0.15) is 0 Å². The second-order valence-electron chi connectivity index (χ2n) is 0. The summed E-state index contributed by atoms with van der Waals surface area (Å²) in [7, 11) is 0. The standard InChI is InChI=1S/19K.19H/q19*+1;19*-1. The summed E-state index contributed by atoms with van der Waals surface area (Å²) in [5, 5.41) is 0. The molecular weight excluding hydrogens is 743 g/mol. The van der Waals surface area contributed by atoms with Crippen LogP contribution in [0.3, 0.4) is 0 Å². The van der Waals surface area contributed by atoms with E-state index in [-0.39, 0.29) is 1000 Å². The van der Waals surface area contributed by atoms with Crippen LogP contribution in [0.2, 0.25) is 0 Å². The Morgan fingerprint density at radius 3 is 0.105 bits per heavy atom. The van der Waals surface area contributed by atoms with Gasteiger partial charge in [-0.1, -0.05) is 0 Å². The molecule has 0 fully saturated rings. The van der Waals surface area contributed by atoms with Gasteiger partial charge in [0.05, 0.1) is 0 Å². The second-order valence-corrected chi connectivity index (χ2v) is 0. The average molecular weight is 762 g/mol. The van der Waals surface area contributed by atoms with Gasteiger partial charge in [-0.15, -0.1) is 0 Å². The van der Waals surface area contributed by atoms with Gasteiger partial charge in [0.2, 0.25) is 0 Å². The molecule has 0 aromatic heterocycles. The summed E-state index contributed by atoms with van der Waals surface area (Å²) in [5.74, 6) is 0. The van der Waals surface area contributed by atoms with E-state index < -0.39 is 0 Å². The molecule has 0 aromatic rings. The zero-order valence-electron chi connectivity index (χ0n) is 38.0. The van der Waals surface area contributed by atoms with Crippen molar-refractivity contribution in [1.29, 1.82) is 0 Å². The second kappa shape index (κ2) is 117. The molecule has 0 radical (unpaired) electrons. The van der Waals surface area contributed by atoms with E-state index in [1.54, 1.807) is 0 Å². The van der Waals surface area contributed by atoms with Gasteiger partial charge in [0.25, 0.3) is 0 Å². The molecule has 0 aliphatic rings. The molecule has 19 heavy (non-hydrogen) atoms. The largest absolute Gasteiger partial charge is 1.00 e. The fraction of sp³-hybridized carbons (Fsp3) is 0. The maximum atomic E-state index is 0. The van der Waals surface area contributed by atoms with Crippen molar-refractivity contribution in [2.24, 2.45) is 0 Å². The van der Waals surface area contributed by atoms with E-state index in [4.69, 9.17) is 0 Å². The normalized spacial score (nSPS) is 0. The van der Waals surface area contributed by atoms with Crippen molar-refractivity contribution in [3.05, 3.63) is 0 Å². The molecule has 19 heteroatoms. The number of rotatable bonds is 0. The summed E-state index contributed by atoms with van der Waals surface area (Å²) >= 11 is 0. The van der Waals surface area contributed by atoms with E-state index in [0.717, 1.165) is 0 Å². The molecule has 0 amide bonds. The molecule has 0 saturated heterocycles. The summed E-state index contributed by atoms with van der Waals surface area (Å²) in [5.41, 5.74) is 0. The molecule has 38 valence electrons. The minimum Gasteiger partial charge on any atom is -1.00 e. The third-order valence-electron chi connectivity index (χ3n) is 0. The summed E-state index contributed by atoms with van der Waals surface area (Å²) in [6.45, 7) is 0. The minimum absolute atomic E-state index is 0. The van der Waals surface area contributed by atoms with Gasteiger partial charge < -0.3 is 27.1 Å². The molecule has 0 spiro atoms. The summed E-state index contributed by atoms with van der Waals surface area (Å²) in [4.78, 5) is 0. The van der Waals surface area contributed by atoms with Crippen LogP contribution in [0.5, 0.6) is 0 Å². The van der Waals surface area contributed by atoms with Gasteiger partial charge in [-0.2, -0.15) is 0 Å². The molecule has 0 aromatic carbocycles. The first-order valence-electron chi connectivity index (χ1n) is 0. The monoisotopic (exact) mass is 759 g/mol. The Morgan fingerprint density at radius 2 is 0.105 bits per heavy atom. The minimum atomic E-state index is 0. The van der Waals surface area contributed by atoms with Crippen molar-refractivity contribution in [2.75, 3.05) is 0 Å². The van der Waals surface area contributed by atoms with Crippen LogP contribution in [-0.2, 0) is 0 Å². The van der Waals surface area contributed by atoms with Crippen LogP contribution in [0.4, 0.5) is 0 Å². The van der Waals surface area contributed by atoms with E-state index in [1.807, 2.05) is 0 Å². The SMILES string of the molecule is [H-].[H-].[H-].[H-].[H-].[H-].[H-].[H-].[H-].[H-].[H-].[H-].[H-].[H-].[H-].[H-].[H-].[H-].[H-].[K+].[K+].[K+].[K+].[K+].[K+].[K+].[K+].[K+].[K+].[K+].[K+].[K+].[K+].[K+].[K+].[K+].[K+].[K+]. The van der Waals surface area contributed by atoms with E-state index >= 15 is 0 Å². The Bertz CT molecular complexity index is 38.0. The number of hydrogen-bond acceptors (Lipinski definition) is 0. The summed E-state index contributed by atoms with van der Waals surface area (Å²) in [6.07, 6.45) is 0. The molecule has 0 saturated carbocycles. The van der Waals surface area contributed by atoms with Crippen LogP contribution in [0, 0.1) is 0 Å². The van der Waals surface area contributed by atoms with Crippen LogP contribution in [0.1, 0.15) is 27.1 Å². The predicted octanol–water partition coefficient (Wildman–Crippen LogP) is -54.8. The third-order valence-corrected chi connectivity index (χ3v) is 0. The van der Waals surface area contributed by atoms with E-state index in [9.17, 15) is 0 Å². The van der Waals surface area contributed by atoms with Gasteiger partial charge in [0, 0.05) is 0 Å². The van der Waals surface area contributed by atoms with Crippen LogP contribution in [0.25, 0.3) is 0 Å². The Hall–Kier alpha value is 31.1. The first-order chi connectivity index (χ1) is 0. The van der Waals surface area contributed by atoms with Crippen LogP contribution < -0.4 is 976 Å². The molecule has 0 N–H and O–H groups in total. The molecule has 0 aliphatic carbocycles. The van der Waals surface area contributed by atoms with Gasteiger partial charge in [0.15, 0.2) is 0 Å². The number of hydrogen-bond donors (Lipinski definition) is 0. The predicted molar refractivity (Wildman–Crippen MR) is 21.1 cm³/mol. The Labute approximate surface area is 959 Å².